The third-order valence-electron chi connectivity index (χ3n) is 3.31. The number of aliphatic hydroxyl groups excluding tert-OH is 1. The molecular weight excluding hydrogens is 296 g/mol. The number of rotatable bonds is 2. The Bertz CT molecular complexity index is 435. The number of halogens is 1. The van der Waals surface area contributed by atoms with Crippen LogP contribution in [0.4, 0.5) is 5.69 Å². The molecule has 4 nitrogen and oxygen atoms in total. The molecule has 1 amide bonds. The van der Waals surface area contributed by atoms with Crippen molar-refractivity contribution in [2.75, 3.05) is 25.1 Å². The van der Waals surface area contributed by atoms with Gasteiger partial charge >= 0.3 is 0 Å². The van der Waals surface area contributed by atoms with Gasteiger partial charge in [0.2, 0.25) is 5.91 Å². The fourth-order valence-corrected chi connectivity index (χ4v) is 2.73. The number of carbonyl (C=O) groups excluding carboxylic acids is 1. The van der Waals surface area contributed by atoms with Gasteiger partial charge in [-0.05, 0) is 31.2 Å². The van der Waals surface area contributed by atoms with Crippen molar-refractivity contribution in [2.24, 2.45) is 0 Å². The van der Waals surface area contributed by atoms with Gasteiger partial charge in [-0.3, -0.25) is 4.79 Å². The van der Waals surface area contributed by atoms with E-state index in [2.05, 4.69) is 22.9 Å². The van der Waals surface area contributed by atoms with Gasteiger partial charge in [0.15, 0.2) is 0 Å². The molecule has 1 N–H and O–H groups in total. The van der Waals surface area contributed by atoms with Crippen LogP contribution in [0, 0.1) is 0 Å². The van der Waals surface area contributed by atoms with E-state index < -0.39 is 6.04 Å². The number of benzene rings is 1. The molecule has 1 aliphatic heterocycles. The molecule has 0 radical (unpaired) electrons. The van der Waals surface area contributed by atoms with Crippen LogP contribution in [0.5, 0.6) is 0 Å². The minimum atomic E-state index is -0.486. The minimum Gasteiger partial charge on any atom is -0.394 e. The predicted molar refractivity (Wildman–Crippen MR) is 74.6 cm³/mol. The normalized spacial score (nSPS) is 24.6. The molecule has 5 heteroatoms. The summed E-state index contributed by atoms with van der Waals surface area (Å²) in [5.74, 6) is -0.0291. The maximum Gasteiger partial charge on any atom is 0.247 e. The molecule has 1 aromatic rings. The van der Waals surface area contributed by atoms with E-state index in [0.717, 1.165) is 10.2 Å². The predicted octanol–water partition coefficient (Wildman–Crippen LogP) is 1.48. The van der Waals surface area contributed by atoms with Crippen LogP contribution in [0.1, 0.15) is 6.92 Å². The Hall–Kier alpha value is -1.07. The lowest BCUT2D eigenvalue weighted by molar-refractivity contribution is -0.134. The number of anilines is 1. The van der Waals surface area contributed by atoms with Gasteiger partial charge in [-0.2, -0.15) is 0 Å². The van der Waals surface area contributed by atoms with Crippen LogP contribution in [0.25, 0.3) is 0 Å². The minimum absolute atomic E-state index is 0.0291. The van der Waals surface area contributed by atoms with Crippen LogP contribution in [-0.4, -0.2) is 48.2 Å². The van der Waals surface area contributed by atoms with Gasteiger partial charge in [0.1, 0.15) is 6.04 Å². The zero-order valence-corrected chi connectivity index (χ0v) is 12.1. The molecule has 1 aromatic carbocycles. The number of hydrogen-bond donors (Lipinski definition) is 1. The quantitative estimate of drug-likeness (QED) is 0.899. The van der Waals surface area contributed by atoms with Crippen molar-refractivity contribution in [1.82, 2.24) is 4.90 Å². The monoisotopic (exact) mass is 312 g/mol. The fourth-order valence-electron chi connectivity index (χ4n) is 2.47. The van der Waals surface area contributed by atoms with Crippen LogP contribution >= 0.6 is 15.9 Å². The van der Waals surface area contributed by atoms with Crippen molar-refractivity contribution in [3.63, 3.8) is 0 Å². The van der Waals surface area contributed by atoms with E-state index in [9.17, 15) is 9.90 Å². The second-order valence-electron chi connectivity index (χ2n) is 4.65. The summed E-state index contributed by atoms with van der Waals surface area (Å²) in [6, 6.07) is 7.51. The molecule has 1 aliphatic rings. The first-order valence-electron chi connectivity index (χ1n) is 5.94. The molecule has 0 bridgehead atoms. The maximum absolute atomic E-state index is 12.1. The van der Waals surface area contributed by atoms with Gasteiger partial charge in [0.25, 0.3) is 0 Å². The number of aliphatic hydroxyl groups is 1. The summed E-state index contributed by atoms with van der Waals surface area (Å²) in [5.41, 5.74) is 0.964. The number of carbonyl (C=O) groups is 1. The lowest BCUT2D eigenvalue weighted by Gasteiger charge is -2.44. The highest BCUT2D eigenvalue weighted by Crippen LogP contribution is 2.26. The Balaban J connectivity index is 2.34. The number of nitrogens with zero attached hydrogens (tertiary/aromatic N) is 2. The highest BCUT2D eigenvalue weighted by molar-refractivity contribution is 9.10. The number of piperazine rings is 1. The molecule has 1 fully saturated rings. The maximum atomic E-state index is 12.1. The van der Waals surface area contributed by atoms with Gasteiger partial charge in [-0.15, -0.1) is 0 Å². The first kappa shape index (κ1) is 13.4. The van der Waals surface area contributed by atoms with Crippen molar-refractivity contribution in [3.8, 4) is 0 Å². The highest BCUT2D eigenvalue weighted by Gasteiger charge is 2.36. The molecule has 0 aliphatic carbocycles. The average Bonchev–Trinajstić information content (AvgIpc) is 2.35. The largest absolute Gasteiger partial charge is 0.394 e. The fraction of sp³-hybridized carbons (Fsp3) is 0.462. The van der Waals surface area contributed by atoms with Gasteiger partial charge < -0.3 is 14.9 Å². The lowest BCUT2D eigenvalue weighted by atomic mass is 10.1. The average molecular weight is 313 g/mol. The molecule has 0 spiro atoms. The molecule has 0 saturated carbocycles. The van der Waals surface area contributed by atoms with E-state index in [-0.39, 0.29) is 18.6 Å². The van der Waals surface area contributed by atoms with Crippen LogP contribution in [0.15, 0.2) is 28.7 Å². The Morgan fingerprint density at radius 3 is 2.56 bits per heavy atom. The molecule has 2 atom stereocenters. The summed E-state index contributed by atoms with van der Waals surface area (Å²) in [4.78, 5) is 15.7. The highest BCUT2D eigenvalue weighted by atomic mass is 79.9. The number of hydrogen-bond acceptors (Lipinski definition) is 3. The Kier molecular flexibility index (Phi) is 3.92. The van der Waals surface area contributed by atoms with Gasteiger partial charge in [0, 0.05) is 29.8 Å². The zero-order valence-electron chi connectivity index (χ0n) is 10.5. The SMILES string of the molecule is CC1CN(C)C(=O)C(CO)N1c1ccc(Br)cc1. The van der Waals surface area contributed by atoms with E-state index in [0.29, 0.717) is 6.54 Å². The molecule has 18 heavy (non-hydrogen) atoms. The zero-order chi connectivity index (χ0) is 13.3. The van der Waals surface area contributed by atoms with E-state index in [1.807, 2.05) is 29.2 Å². The first-order valence-corrected chi connectivity index (χ1v) is 6.73. The smallest absolute Gasteiger partial charge is 0.247 e. The second-order valence-corrected chi connectivity index (χ2v) is 5.57. The number of amides is 1. The van der Waals surface area contributed by atoms with E-state index >= 15 is 0 Å². The molecule has 1 heterocycles. The van der Waals surface area contributed by atoms with Crippen LogP contribution in [-0.2, 0) is 4.79 Å². The standard InChI is InChI=1S/C13H17BrN2O2/c1-9-7-15(2)13(18)12(8-17)16(9)11-5-3-10(14)4-6-11/h3-6,9,12,17H,7-8H2,1-2H3. The molecule has 2 rings (SSSR count). The van der Waals surface area contributed by atoms with Crippen molar-refractivity contribution in [2.45, 2.75) is 19.0 Å². The third kappa shape index (κ3) is 2.37. The molecule has 0 aromatic heterocycles. The summed E-state index contributed by atoms with van der Waals surface area (Å²) < 4.78 is 1.000. The van der Waals surface area contributed by atoms with E-state index in [1.165, 1.54) is 0 Å². The Morgan fingerprint density at radius 2 is 2.00 bits per heavy atom. The summed E-state index contributed by atoms with van der Waals surface area (Å²) in [6.45, 7) is 2.57. The molecular formula is C13H17BrN2O2. The van der Waals surface area contributed by atoms with Crippen molar-refractivity contribution < 1.29 is 9.90 Å². The topological polar surface area (TPSA) is 43.8 Å². The van der Waals surface area contributed by atoms with Crippen molar-refractivity contribution in [3.05, 3.63) is 28.7 Å². The van der Waals surface area contributed by atoms with E-state index in [1.54, 1.807) is 11.9 Å². The lowest BCUT2D eigenvalue weighted by Crippen LogP contribution is -2.61. The molecule has 2 unspecified atom stereocenters. The van der Waals surface area contributed by atoms with Crippen LogP contribution in [0.3, 0.4) is 0 Å². The Morgan fingerprint density at radius 1 is 1.39 bits per heavy atom. The van der Waals surface area contributed by atoms with Gasteiger partial charge in [0.05, 0.1) is 6.61 Å². The number of likely N-dealkylation sites (N-methyl/N-ethyl adjacent to an activating group) is 1. The van der Waals surface area contributed by atoms with Crippen molar-refractivity contribution in [1.29, 1.82) is 0 Å². The summed E-state index contributed by atoms with van der Waals surface area (Å²) in [7, 11) is 1.78. The van der Waals surface area contributed by atoms with Crippen molar-refractivity contribution >= 4 is 27.5 Å². The van der Waals surface area contributed by atoms with Crippen LogP contribution in [0.2, 0.25) is 0 Å². The molecule has 98 valence electrons. The summed E-state index contributed by atoms with van der Waals surface area (Å²) in [5, 5.41) is 9.48. The van der Waals surface area contributed by atoms with Gasteiger partial charge in [-0.1, -0.05) is 15.9 Å². The second kappa shape index (κ2) is 5.28. The first-order chi connectivity index (χ1) is 8.54. The third-order valence-corrected chi connectivity index (χ3v) is 3.84. The summed E-state index contributed by atoms with van der Waals surface area (Å²) >= 11 is 3.40. The van der Waals surface area contributed by atoms with Crippen LogP contribution < -0.4 is 4.90 Å². The summed E-state index contributed by atoms with van der Waals surface area (Å²) in [6.07, 6.45) is 0. The molecule has 1 saturated heterocycles. The van der Waals surface area contributed by atoms with E-state index in [4.69, 9.17) is 0 Å². The van der Waals surface area contributed by atoms with Gasteiger partial charge in [-0.25, -0.2) is 0 Å². The Labute approximate surface area is 115 Å².